The van der Waals surface area contributed by atoms with Crippen molar-refractivity contribution >= 4 is 5.69 Å². The van der Waals surface area contributed by atoms with E-state index in [9.17, 15) is 5.11 Å². The summed E-state index contributed by atoms with van der Waals surface area (Å²) in [6.07, 6.45) is 0.716. The zero-order valence-electron chi connectivity index (χ0n) is 6.97. The molecule has 0 bridgehead atoms. The van der Waals surface area contributed by atoms with Crippen LogP contribution in [-0.4, -0.2) is 22.7 Å². The molecule has 0 fully saturated rings. The van der Waals surface area contributed by atoms with E-state index in [1.807, 2.05) is 0 Å². The lowest BCUT2D eigenvalue weighted by molar-refractivity contribution is 0.0870. The number of nitrogens with two attached hydrogens (primary N) is 2. The van der Waals surface area contributed by atoms with Crippen LogP contribution >= 0.6 is 0 Å². The highest BCUT2D eigenvalue weighted by Gasteiger charge is 2.27. The number of hydrogen-bond acceptors (Lipinski definition) is 5. The van der Waals surface area contributed by atoms with Crippen molar-refractivity contribution in [2.24, 2.45) is 5.73 Å². The summed E-state index contributed by atoms with van der Waals surface area (Å²) in [5.74, 6) is 0.522. The second-order valence-corrected chi connectivity index (χ2v) is 3.07. The molecule has 0 spiro atoms. The first-order chi connectivity index (χ1) is 6.18. The normalized spacial score (nSPS) is 26.3. The largest absolute Gasteiger partial charge is 0.490 e. The smallest absolute Gasteiger partial charge is 0.145 e. The fourth-order valence-corrected chi connectivity index (χ4v) is 1.29. The number of hydrogen-bond donors (Lipinski definition) is 3. The number of pyridine rings is 1. The number of aliphatic hydroxyl groups is 1. The molecule has 13 heavy (non-hydrogen) atoms. The van der Waals surface area contributed by atoms with Crippen LogP contribution in [0.5, 0.6) is 5.75 Å². The lowest BCUT2D eigenvalue weighted by Crippen LogP contribution is -2.38. The minimum atomic E-state index is -0.760. The lowest BCUT2D eigenvalue weighted by atomic mass is 10.1. The van der Waals surface area contributed by atoms with Gasteiger partial charge < -0.3 is 21.3 Å². The number of rotatable bonds is 0. The Morgan fingerprint density at radius 1 is 1.62 bits per heavy atom. The summed E-state index contributed by atoms with van der Waals surface area (Å²) in [5.41, 5.74) is 12.1. The van der Waals surface area contributed by atoms with Gasteiger partial charge in [0.25, 0.3) is 0 Å². The summed E-state index contributed by atoms with van der Waals surface area (Å²) in [6.45, 7) is 0.291. The third-order valence-corrected chi connectivity index (χ3v) is 2.02. The summed E-state index contributed by atoms with van der Waals surface area (Å²) in [5, 5.41) is 9.61. The van der Waals surface area contributed by atoms with Crippen LogP contribution in [0.1, 0.15) is 11.8 Å². The van der Waals surface area contributed by atoms with Crippen molar-refractivity contribution in [3.63, 3.8) is 0 Å². The zero-order chi connectivity index (χ0) is 9.42. The molecule has 0 aromatic carbocycles. The van der Waals surface area contributed by atoms with Crippen molar-refractivity contribution in [1.29, 1.82) is 0 Å². The molecule has 2 heterocycles. The van der Waals surface area contributed by atoms with Gasteiger partial charge in [-0.3, -0.25) is 4.98 Å². The summed E-state index contributed by atoms with van der Waals surface area (Å²) >= 11 is 0. The van der Waals surface area contributed by atoms with Crippen LogP contribution in [0.25, 0.3) is 0 Å². The van der Waals surface area contributed by atoms with Crippen molar-refractivity contribution < 1.29 is 9.84 Å². The maximum Gasteiger partial charge on any atom is 0.145 e. The fourth-order valence-electron chi connectivity index (χ4n) is 1.29. The number of fused-ring (bicyclic) bond motifs is 1. The molecule has 70 valence electrons. The van der Waals surface area contributed by atoms with Crippen LogP contribution in [0, 0.1) is 0 Å². The van der Waals surface area contributed by atoms with Gasteiger partial charge >= 0.3 is 0 Å². The molecular weight excluding hydrogens is 170 g/mol. The SMILES string of the molecule is Nc1cnc2c(c1)OC[C@H](N)[C@H]2O. The van der Waals surface area contributed by atoms with Gasteiger partial charge in [0.05, 0.1) is 17.9 Å². The van der Waals surface area contributed by atoms with E-state index < -0.39 is 12.1 Å². The molecule has 1 aliphatic rings. The van der Waals surface area contributed by atoms with Gasteiger partial charge in [0.1, 0.15) is 24.2 Å². The Morgan fingerprint density at radius 3 is 3.15 bits per heavy atom. The van der Waals surface area contributed by atoms with Crippen molar-refractivity contribution in [3.05, 3.63) is 18.0 Å². The number of aromatic nitrogens is 1. The van der Waals surface area contributed by atoms with E-state index in [0.29, 0.717) is 23.7 Å². The Morgan fingerprint density at radius 2 is 2.38 bits per heavy atom. The summed E-state index contributed by atoms with van der Waals surface area (Å²) < 4.78 is 5.26. The van der Waals surface area contributed by atoms with Gasteiger partial charge in [0.15, 0.2) is 0 Å². The maximum atomic E-state index is 9.61. The van der Waals surface area contributed by atoms with Gasteiger partial charge in [-0.05, 0) is 0 Å². The van der Waals surface area contributed by atoms with Crippen LogP contribution in [-0.2, 0) is 0 Å². The van der Waals surface area contributed by atoms with E-state index in [1.165, 1.54) is 6.20 Å². The van der Waals surface area contributed by atoms with Gasteiger partial charge in [0.2, 0.25) is 0 Å². The second kappa shape index (κ2) is 2.86. The molecular formula is C8H11N3O2. The molecule has 0 saturated heterocycles. The van der Waals surface area contributed by atoms with Crippen LogP contribution in [0.4, 0.5) is 5.69 Å². The fraction of sp³-hybridized carbons (Fsp3) is 0.375. The molecule has 1 aromatic rings. The maximum absolute atomic E-state index is 9.61. The molecule has 5 heteroatoms. The Kier molecular flexibility index (Phi) is 1.82. The van der Waals surface area contributed by atoms with E-state index in [4.69, 9.17) is 16.2 Å². The highest BCUT2D eigenvalue weighted by molar-refractivity contribution is 5.45. The van der Waals surface area contributed by atoms with E-state index in [1.54, 1.807) is 6.07 Å². The van der Waals surface area contributed by atoms with Crippen molar-refractivity contribution in [2.45, 2.75) is 12.1 Å². The van der Waals surface area contributed by atoms with E-state index in [-0.39, 0.29) is 0 Å². The summed E-state index contributed by atoms with van der Waals surface area (Å²) in [4.78, 5) is 3.97. The van der Waals surface area contributed by atoms with Crippen LogP contribution in [0.2, 0.25) is 0 Å². The van der Waals surface area contributed by atoms with Gasteiger partial charge in [-0.15, -0.1) is 0 Å². The summed E-state index contributed by atoms with van der Waals surface area (Å²) in [6, 6.07) is 1.22. The number of anilines is 1. The minimum Gasteiger partial charge on any atom is -0.490 e. The van der Waals surface area contributed by atoms with E-state index in [2.05, 4.69) is 4.98 Å². The van der Waals surface area contributed by atoms with Crippen molar-refractivity contribution in [1.82, 2.24) is 4.98 Å². The molecule has 5 N–H and O–H groups in total. The highest BCUT2D eigenvalue weighted by Crippen LogP contribution is 2.30. The predicted molar refractivity (Wildman–Crippen MR) is 47.1 cm³/mol. The van der Waals surface area contributed by atoms with Gasteiger partial charge in [-0.2, -0.15) is 0 Å². The van der Waals surface area contributed by atoms with E-state index >= 15 is 0 Å². The Labute approximate surface area is 75.3 Å². The molecule has 1 aromatic heterocycles. The first-order valence-corrected chi connectivity index (χ1v) is 4.00. The highest BCUT2D eigenvalue weighted by atomic mass is 16.5. The third-order valence-electron chi connectivity index (χ3n) is 2.02. The quantitative estimate of drug-likeness (QED) is 0.497. The van der Waals surface area contributed by atoms with Gasteiger partial charge in [0, 0.05) is 6.07 Å². The first kappa shape index (κ1) is 8.28. The average Bonchev–Trinajstić information content (AvgIpc) is 2.12. The Bertz CT molecular complexity index is 329. The number of nitrogen functional groups attached to an aromatic ring is 1. The zero-order valence-corrected chi connectivity index (χ0v) is 6.97. The van der Waals surface area contributed by atoms with Gasteiger partial charge in [-0.25, -0.2) is 0 Å². The lowest BCUT2D eigenvalue weighted by Gasteiger charge is -2.26. The molecule has 0 saturated carbocycles. The predicted octanol–water partition coefficient (Wildman–Crippen LogP) is -0.583. The standard InChI is InChI=1S/C8H11N3O2/c9-4-1-6-7(11-2-4)8(12)5(10)3-13-6/h1-2,5,8,12H,3,9-10H2/t5-,8+/m0/s1. The third kappa shape index (κ3) is 1.32. The van der Waals surface area contributed by atoms with Crippen molar-refractivity contribution in [3.8, 4) is 5.75 Å². The topological polar surface area (TPSA) is 94.4 Å². The summed E-state index contributed by atoms with van der Waals surface area (Å²) in [7, 11) is 0. The molecule has 0 amide bonds. The van der Waals surface area contributed by atoms with E-state index in [0.717, 1.165) is 0 Å². The minimum absolute atomic E-state index is 0.291. The number of ether oxygens (including phenoxy) is 1. The monoisotopic (exact) mass is 181 g/mol. The Hall–Kier alpha value is -1.33. The molecule has 2 atom stereocenters. The van der Waals surface area contributed by atoms with Crippen molar-refractivity contribution in [2.75, 3.05) is 12.3 Å². The van der Waals surface area contributed by atoms with Gasteiger partial charge in [-0.1, -0.05) is 0 Å². The molecule has 0 aliphatic carbocycles. The van der Waals surface area contributed by atoms with Crippen LogP contribution in [0.15, 0.2) is 12.3 Å². The molecule has 0 radical (unpaired) electrons. The van der Waals surface area contributed by atoms with Crippen LogP contribution in [0.3, 0.4) is 0 Å². The average molecular weight is 181 g/mol. The molecule has 5 nitrogen and oxygen atoms in total. The number of aliphatic hydroxyl groups excluding tert-OH is 1. The van der Waals surface area contributed by atoms with Crippen LogP contribution < -0.4 is 16.2 Å². The molecule has 0 unspecified atom stereocenters. The molecule has 2 rings (SSSR count). The first-order valence-electron chi connectivity index (χ1n) is 4.00. The molecule has 1 aliphatic heterocycles. The Balaban J connectivity index is 2.44. The number of nitrogens with zero attached hydrogens (tertiary/aromatic N) is 1. The second-order valence-electron chi connectivity index (χ2n) is 3.07.